The number of ether oxygens (including phenoxy) is 2. The van der Waals surface area contributed by atoms with Crippen molar-refractivity contribution in [2.24, 2.45) is 5.73 Å². The molecule has 0 aliphatic heterocycles. The molecule has 33 heavy (non-hydrogen) atoms. The standard InChI is InChI=1S/C27H25NO3S.ClH/c1-27(28,17-26(29)30-2)21-11-13-25-23(16-21)22-15-19(10-12-24(22)32-25)9-6-14-31-18-20-7-4-3-5-8-20;/h3-5,7-8,10-13,15-16H,14,17-18,28H2,1-2H3;1H. The fraction of sp³-hybridized carbons (Fsp3) is 0.222. The average molecular weight is 480 g/mol. The molecule has 1 aromatic heterocycles. The first-order valence-corrected chi connectivity index (χ1v) is 11.2. The molecule has 0 spiro atoms. The quantitative estimate of drug-likeness (QED) is 0.216. The van der Waals surface area contributed by atoms with Crippen molar-refractivity contribution < 1.29 is 14.3 Å². The lowest BCUT2D eigenvalue weighted by Crippen LogP contribution is -2.35. The van der Waals surface area contributed by atoms with Gasteiger partial charge in [0.1, 0.15) is 6.61 Å². The molecule has 4 aromatic rings. The zero-order valence-electron chi connectivity index (χ0n) is 18.6. The number of hydrogen-bond acceptors (Lipinski definition) is 5. The third kappa shape index (κ3) is 5.93. The Kier molecular flexibility index (Phi) is 8.12. The van der Waals surface area contributed by atoms with Crippen LogP contribution in [0, 0.1) is 11.8 Å². The van der Waals surface area contributed by atoms with Crippen LogP contribution < -0.4 is 5.73 Å². The Morgan fingerprint density at radius 1 is 1.03 bits per heavy atom. The van der Waals surface area contributed by atoms with Crippen LogP contribution in [0.2, 0.25) is 0 Å². The van der Waals surface area contributed by atoms with E-state index in [4.69, 9.17) is 15.2 Å². The molecule has 0 amide bonds. The number of rotatable bonds is 6. The van der Waals surface area contributed by atoms with Crippen LogP contribution in [0.4, 0.5) is 0 Å². The summed E-state index contributed by atoms with van der Waals surface area (Å²) in [5.41, 5.74) is 8.63. The number of hydrogen-bond donors (Lipinski definition) is 1. The van der Waals surface area contributed by atoms with Crippen LogP contribution in [0.25, 0.3) is 20.2 Å². The molecule has 6 heteroatoms. The summed E-state index contributed by atoms with van der Waals surface area (Å²) in [4.78, 5) is 11.8. The number of methoxy groups -OCH3 is 1. The van der Waals surface area contributed by atoms with Gasteiger partial charge in [-0.3, -0.25) is 4.79 Å². The van der Waals surface area contributed by atoms with Crippen LogP contribution in [0.15, 0.2) is 66.7 Å². The molecule has 170 valence electrons. The molecule has 0 saturated carbocycles. The van der Waals surface area contributed by atoms with E-state index >= 15 is 0 Å². The van der Waals surface area contributed by atoms with Crippen molar-refractivity contribution in [2.45, 2.75) is 25.5 Å². The molecule has 4 rings (SSSR count). The van der Waals surface area contributed by atoms with Gasteiger partial charge in [-0.25, -0.2) is 0 Å². The Labute approximate surface area is 204 Å². The number of carbonyl (C=O) groups excluding carboxylic acids is 1. The summed E-state index contributed by atoms with van der Waals surface area (Å²) in [6.45, 7) is 2.78. The lowest BCUT2D eigenvalue weighted by molar-refractivity contribution is -0.141. The van der Waals surface area contributed by atoms with E-state index in [1.165, 1.54) is 16.5 Å². The second kappa shape index (κ2) is 10.8. The SMILES string of the molecule is COC(=O)CC(C)(N)c1ccc2sc3ccc(C#CCOCc4ccccc4)cc3c2c1.Cl. The lowest BCUT2D eigenvalue weighted by Gasteiger charge is -2.24. The molecule has 0 bridgehead atoms. The zero-order valence-corrected chi connectivity index (χ0v) is 20.2. The van der Waals surface area contributed by atoms with Gasteiger partial charge < -0.3 is 15.2 Å². The highest BCUT2D eigenvalue weighted by Gasteiger charge is 2.26. The van der Waals surface area contributed by atoms with Gasteiger partial charge in [-0.05, 0) is 48.4 Å². The van der Waals surface area contributed by atoms with Crippen molar-refractivity contribution >= 4 is 49.9 Å². The van der Waals surface area contributed by atoms with Gasteiger partial charge >= 0.3 is 5.97 Å². The number of carbonyl (C=O) groups is 1. The number of nitrogens with two attached hydrogens (primary N) is 1. The molecule has 2 N–H and O–H groups in total. The van der Waals surface area contributed by atoms with Gasteiger partial charge in [0.05, 0.1) is 20.1 Å². The minimum atomic E-state index is -0.803. The van der Waals surface area contributed by atoms with Crippen LogP contribution in [-0.4, -0.2) is 19.7 Å². The van der Waals surface area contributed by atoms with Crippen molar-refractivity contribution in [3.05, 3.63) is 83.4 Å². The maximum atomic E-state index is 11.8. The van der Waals surface area contributed by atoms with Gasteiger partial charge in [0.25, 0.3) is 0 Å². The van der Waals surface area contributed by atoms with Gasteiger partial charge in [0.2, 0.25) is 0 Å². The summed E-state index contributed by atoms with van der Waals surface area (Å²) in [6.07, 6.45) is 0.122. The van der Waals surface area contributed by atoms with Gasteiger partial charge in [-0.15, -0.1) is 23.7 Å². The molecule has 3 aromatic carbocycles. The van der Waals surface area contributed by atoms with E-state index in [1.54, 1.807) is 11.3 Å². The summed E-state index contributed by atoms with van der Waals surface area (Å²) in [6, 6.07) is 22.4. The first kappa shape index (κ1) is 24.8. The number of esters is 1. The molecule has 1 unspecified atom stereocenters. The fourth-order valence-electron chi connectivity index (χ4n) is 3.62. The number of thiophene rings is 1. The Morgan fingerprint density at radius 3 is 2.45 bits per heavy atom. The topological polar surface area (TPSA) is 61.5 Å². The summed E-state index contributed by atoms with van der Waals surface area (Å²) in [7, 11) is 1.38. The Morgan fingerprint density at radius 2 is 1.73 bits per heavy atom. The van der Waals surface area contributed by atoms with Crippen molar-refractivity contribution in [2.75, 3.05) is 13.7 Å². The molecule has 0 saturated heterocycles. The number of benzene rings is 3. The smallest absolute Gasteiger partial charge is 0.307 e. The van der Waals surface area contributed by atoms with Crippen LogP contribution >= 0.6 is 23.7 Å². The molecule has 0 fully saturated rings. The molecule has 4 nitrogen and oxygen atoms in total. The maximum absolute atomic E-state index is 11.8. The third-order valence-corrected chi connectivity index (χ3v) is 6.54. The minimum absolute atomic E-state index is 0. The van der Waals surface area contributed by atoms with Gasteiger partial charge in [-0.2, -0.15) is 0 Å². The average Bonchev–Trinajstić information content (AvgIpc) is 3.16. The van der Waals surface area contributed by atoms with Crippen molar-refractivity contribution in [3.8, 4) is 11.8 Å². The molecule has 1 heterocycles. The monoisotopic (exact) mass is 479 g/mol. The van der Waals surface area contributed by atoms with E-state index in [0.29, 0.717) is 13.2 Å². The van der Waals surface area contributed by atoms with Crippen molar-refractivity contribution in [1.82, 2.24) is 0 Å². The van der Waals surface area contributed by atoms with E-state index in [9.17, 15) is 4.79 Å². The molecular weight excluding hydrogens is 454 g/mol. The number of halogens is 1. The second-order valence-corrected chi connectivity index (χ2v) is 9.06. The second-order valence-electron chi connectivity index (χ2n) is 7.97. The predicted molar refractivity (Wildman–Crippen MR) is 138 cm³/mol. The zero-order chi connectivity index (χ0) is 22.6. The predicted octanol–water partition coefficient (Wildman–Crippen LogP) is 5.78. The summed E-state index contributed by atoms with van der Waals surface area (Å²) in [5.74, 6) is 5.98. The molecular formula is C27H26ClNO3S. The van der Waals surface area contributed by atoms with Gasteiger partial charge in [0, 0.05) is 31.3 Å². The highest BCUT2D eigenvalue weighted by atomic mass is 35.5. The maximum Gasteiger partial charge on any atom is 0.307 e. The largest absolute Gasteiger partial charge is 0.469 e. The minimum Gasteiger partial charge on any atom is -0.469 e. The van der Waals surface area contributed by atoms with E-state index in [0.717, 1.165) is 27.5 Å². The summed E-state index contributed by atoms with van der Waals surface area (Å²) < 4.78 is 12.8. The van der Waals surface area contributed by atoms with Crippen molar-refractivity contribution in [1.29, 1.82) is 0 Å². The Hall–Kier alpha value is -2.88. The third-order valence-electron chi connectivity index (χ3n) is 5.39. The number of fused-ring (bicyclic) bond motifs is 3. The molecule has 0 aliphatic rings. The van der Waals surface area contributed by atoms with E-state index in [1.807, 2.05) is 49.4 Å². The van der Waals surface area contributed by atoms with E-state index in [2.05, 4.69) is 36.1 Å². The summed E-state index contributed by atoms with van der Waals surface area (Å²) >= 11 is 1.73. The molecule has 0 aliphatic carbocycles. The summed E-state index contributed by atoms with van der Waals surface area (Å²) in [5, 5.41) is 2.26. The van der Waals surface area contributed by atoms with Crippen LogP contribution in [0.1, 0.15) is 30.0 Å². The first-order chi connectivity index (χ1) is 15.5. The lowest BCUT2D eigenvalue weighted by atomic mass is 9.89. The van der Waals surface area contributed by atoms with Crippen LogP contribution in [0.5, 0.6) is 0 Å². The fourth-order valence-corrected chi connectivity index (χ4v) is 4.68. The van der Waals surface area contributed by atoms with Crippen molar-refractivity contribution in [3.63, 3.8) is 0 Å². The molecule has 0 radical (unpaired) electrons. The van der Waals surface area contributed by atoms with E-state index in [-0.39, 0.29) is 24.8 Å². The van der Waals surface area contributed by atoms with E-state index < -0.39 is 5.54 Å². The Balaban J connectivity index is 0.00000306. The normalized spacial score (nSPS) is 12.5. The Bertz CT molecular complexity index is 1320. The first-order valence-electron chi connectivity index (χ1n) is 10.4. The highest BCUT2D eigenvalue weighted by Crippen LogP contribution is 2.36. The van der Waals surface area contributed by atoms with Gasteiger partial charge in [0.15, 0.2) is 0 Å². The van der Waals surface area contributed by atoms with Crippen LogP contribution in [0.3, 0.4) is 0 Å². The van der Waals surface area contributed by atoms with Gasteiger partial charge in [-0.1, -0.05) is 48.2 Å². The van der Waals surface area contributed by atoms with Crippen LogP contribution in [-0.2, 0) is 26.4 Å². The highest BCUT2D eigenvalue weighted by molar-refractivity contribution is 7.25. The molecule has 1 atom stereocenters.